The summed E-state index contributed by atoms with van der Waals surface area (Å²) in [6.45, 7) is 5.33. The number of aromatic nitrogens is 2. The van der Waals surface area contributed by atoms with Crippen molar-refractivity contribution in [3.05, 3.63) is 36.3 Å². The number of guanidine groups is 1. The smallest absolute Gasteiger partial charge is 0.191 e. The van der Waals surface area contributed by atoms with Crippen LogP contribution < -0.4 is 10.6 Å². The van der Waals surface area contributed by atoms with E-state index in [0.717, 1.165) is 29.9 Å². The number of hydrogen-bond acceptors (Lipinski definition) is 3. The molecule has 2 aromatic rings. The van der Waals surface area contributed by atoms with E-state index in [9.17, 15) is 0 Å². The molecule has 1 saturated heterocycles. The topological polar surface area (TPSA) is 57.0 Å². The molecule has 1 aliphatic heterocycles. The Labute approximate surface area is 166 Å². The highest BCUT2D eigenvalue weighted by Gasteiger charge is 2.38. The summed E-state index contributed by atoms with van der Waals surface area (Å²) >= 11 is 0. The Morgan fingerprint density at radius 2 is 2.16 bits per heavy atom. The summed E-state index contributed by atoms with van der Waals surface area (Å²) < 4.78 is 2.04. The molecule has 1 aliphatic carbocycles. The summed E-state index contributed by atoms with van der Waals surface area (Å²) in [5, 5.41) is 6.99. The van der Waals surface area contributed by atoms with Crippen LogP contribution in [0, 0.1) is 5.92 Å². The highest BCUT2D eigenvalue weighted by Crippen LogP contribution is 2.31. The van der Waals surface area contributed by atoms with Crippen molar-refractivity contribution in [3.63, 3.8) is 0 Å². The van der Waals surface area contributed by atoms with Gasteiger partial charge in [0.1, 0.15) is 5.65 Å². The van der Waals surface area contributed by atoms with Crippen LogP contribution in [0.1, 0.15) is 25.5 Å². The number of nitrogens with one attached hydrogen (secondary N) is 2. The molecule has 0 amide bonds. The van der Waals surface area contributed by atoms with Crippen LogP contribution in [0.5, 0.6) is 0 Å². The summed E-state index contributed by atoms with van der Waals surface area (Å²) in [6, 6.07) is 7.35. The van der Waals surface area contributed by atoms with Crippen molar-refractivity contribution in [1.29, 1.82) is 0 Å². The molecular weight excluding hydrogens is 427 g/mol. The first kappa shape index (κ1) is 18.4. The van der Waals surface area contributed by atoms with Crippen LogP contribution in [-0.4, -0.2) is 52.5 Å². The van der Waals surface area contributed by atoms with E-state index < -0.39 is 0 Å². The molecule has 7 heteroatoms. The molecule has 3 heterocycles. The molecular formula is C18H27IN6. The maximum atomic E-state index is 4.62. The number of hydrogen-bond donors (Lipinski definition) is 2. The summed E-state index contributed by atoms with van der Waals surface area (Å²) in [6.07, 6.45) is 6.83. The number of nitrogens with zero attached hydrogens (tertiary/aromatic N) is 4. The van der Waals surface area contributed by atoms with Gasteiger partial charge in [-0.15, -0.1) is 24.0 Å². The number of imidazole rings is 1. The molecule has 0 bridgehead atoms. The summed E-state index contributed by atoms with van der Waals surface area (Å²) in [5.41, 5.74) is 1.99. The lowest BCUT2D eigenvalue weighted by Gasteiger charge is -2.20. The van der Waals surface area contributed by atoms with E-state index >= 15 is 0 Å². The molecule has 1 saturated carbocycles. The van der Waals surface area contributed by atoms with Gasteiger partial charge in [-0.05, 0) is 30.9 Å². The molecule has 136 valence electrons. The first-order valence-corrected chi connectivity index (χ1v) is 8.87. The maximum absolute atomic E-state index is 4.62. The van der Waals surface area contributed by atoms with Crippen LogP contribution in [0.4, 0.5) is 0 Å². The Balaban J connectivity index is 0.00000182. The van der Waals surface area contributed by atoms with Crippen molar-refractivity contribution in [2.24, 2.45) is 10.9 Å². The molecule has 2 fully saturated rings. The van der Waals surface area contributed by atoms with E-state index in [0.29, 0.717) is 18.5 Å². The molecule has 2 aromatic heterocycles. The minimum Gasteiger partial charge on any atom is -0.352 e. The van der Waals surface area contributed by atoms with Crippen molar-refractivity contribution in [1.82, 2.24) is 24.9 Å². The zero-order chi connectivity index (χ0) is 16.5. The summed E-state index contributed by atoms with van der Waals surface area (Å²) in [5.74, 6) is 1.51. The zero-order valence-corrected chi connectivity index (χ0v) is 17.2. The Kier molecular flexibility index (Phi) is 5.83. The van der Waals surface area contributed by atoms with E-state index in [1.165, 1.54) is 19.4 Å². The van der Waals surface area contributed by atoms with Gasteiger partial charge in [0.05, 0.1) is 12.2 Å². The third kappa shape index (κ3) is 4.25. The van der Waals surface area contributed by atoms with Gasteiger partial charge < -0.3 is 15.0 Å². The van der Waals surface area contributed by atoms with Gasteiger partial charge in [0, 0.05) is 44.6 Å². The van der Waals surface area contributed by atoms with Crippen molar-refractivity contribution < 1.29 is 0 Å². The number of rotatable bonds is 4. The van der Waals surface area contributed by atoms with Gasteiger partial charge in [-0.25, -0.2) is 4.98 Å². The van der Waals surface area contributed by atoms with Crippen molar-refractivity contribution in [2.45, 2.75) is 38.4 Å². The fourth-order valence-electron chi connectivity index (χ4n) is 3.55. The molecule has 2 atom stereocenters. The molecule has 25 heavy (non-hydrogen) atoms. The minimum absolute atomic E-state index is 0. The molecule has 2 aliphatic rings. The van der Waals surface area contributed by atoms with Gasteiger partial charge >= 0.3 is 0 Å². The Morgan fingerprint density at radius 1 is 1.32 bits per heavy atom. The predicted octanol–water partition coefficient (Wildman–Crippen LogP) is 2.10. The lowest BCUT2D eigenvalue weighted by molar-refractivity contribution is 0.315. The summed E-state index contributed by atoms with van der Waals surface area (Å²) in [4.78, 5) is 11.6. The summed E-state index contributed by atoms with van der Waals surface area (Å²) in [7, 11) is 1.83. The Morgan fingerprint density at radius 3 is 2.88 bits per heavy atom. The van der Waals surface area contributed by atoms with E-state index in [-0.39, 0.29) is 24.0 Å². The molecule has 6 nitrogen and oxygen atoms in total. The van der Waals surface area contributed by atoms with Crippen molar-refractivity contribution in [2.75, 3.05) is 20.1 Å². The normalized spacial score (nSPS) is 24.3. The van der Waals surface area contributed by atoms with Crippen molar-refractivity contribution >= 4 is 35.6 Å². The Hall–Kier alpha value is -1.35. The lowest BCUT2D eigenvalue weighted by Crippen LogP contribution is -2.46. The van der Waals surface area contributed by atoms with Crippen LogP contribution in [0.2, 0.25) is 0 Å². The second kappa shape index (κ2) is 7.90. The van der Waals surface area contributed by atoms with Gasteiger partial charge in [0.2, 0.25) is 0 Å². The van der Waals surface area contributed by atoms with Gasteiger partial charge in [0.25, 0.3) is 0 Å². The van der Waals surface area contributed by atoms with Crippen molar-refractivity contribution in [3.8, 4) is 0 Å². The average Bonchev–Trinajstić information content (AvgIpc) is 3.26. The molecule has 2 N–H and O–H groups in total. The first-order chi connectivity index (χ1) is 11.7. The minimum atomic E-state index is 0. The van der Waals surface area contributed by atoms with Crippen LogP contribution in [0.3, 0.4) is 0 Å². The van der Waals surface area contributed by atoms with Gasteiger partial charge in [-0.2, -0.15) is 0 Å². The quantitative estimate of drug-likeness (QED) is 0.422. The van der Waals surface area contributed by atoms with Gasteiger partial charge in [-0.1, -0.05) is 13.0 Å². The van der Waals surface area contributed by atoms with E-state index in [1.54, 1.807) is 0 Å². The highest BCUT2D eigenvalue weighted by atomic mass is 127. The van der Waals surface area contributed by atoms with Crippen LogP contribution in [0.15, 0.2) is 35.6 Å². The lowest BCUT2D eigenvalue weighted by atomic mass is 10.1. The van der Waals surface area contributed by atoms with E-state index in [1.807, 2.05) is 35.8 Å². The van der Waals surface area contributed by atoms with E-state index in [4.69, 9.17) is 0 Å². The largest absolute Gasteiger partial charge is 0.352 e. The monoisotopic (exact) mass is 454 g/mol. The molecule has 0 spiro atoms. The number of halogens is 1. The third-order valence-corrected chi connectivity index (χ3v) is 5.10. The zero-order valence-electron chi connectivity index (χ0n) is 14.9. The fourth-order valence-corrected chi connectivity index (χ4v) is 3.55. The van der Waals surface area contributed by atoms with Crippen LogP contribution in [0.25, 0.3) is 5.65 Å². The number of pyridine rings is 1. The van der Waals surface area contributed by atoms with E-state index in [2.05, 4.69) is 38.6 Å². The first-order valence-electron chi connectivity index (χ1n) is 8.87. The fraction of sp³-hybridized carbons (Fsp3) is 0.556. The molecule has 2 unspecified atom stereocenters. The van der Waals surface area contributed by atoms with Gasteiger partial charge in [-0.3, -0.25) is 9.89 Å². The Bertz CT molecular complexity index is 705. The number of likely N-dealkylation sites (tertiary alicyclic amines) is 1. The molecule has 0 radical (unpaired) electrons. The average molecular weight is 454 g/mol. The predicted molar refractivity (Wildman–Crippen MR) is 111 cm³/mol. The highest BCUT2D eigenvalue weighted by molar-refractivity contribution is 14.0. The number of fused-ring (bicyclic) bond motifs is 1. The van der Waals surface area contributed by atoms with Crippen LogP contribution >= 0.6 is 24.0 Å². The number of aliphatic imine (C=N–C) groups is 1. The standard InChI is InChI=1S/C18H26N6.HI/c1-13-10-24(15-6-7-15)12-16(13)22-18(19-2)20-9-14-11-23-8-4-3-5-17(23)21-14;/h3-5,8,11,13,15-16H,6-7,9-10,12H2,1-2H3,(H2,19,20,22);1H. The third-order valence-electron chi connectivity index (χ3n) is 5.10. The SMILES string of the molecule is CN=C(NCc1cn2ccccc2n1)NC1CN(C2CC2)CC1C.I. The second-order valence-electron chi connectivity index (χ2n) is 7.04. The second-order valence-corrected chi connectivity index (χ2v) is 7.04. The maximum Gasteiger partial charge on any atom is 0.191 e. The van der Waals surface area contributed by atoms with Crippen LogP contribution in [-0.2, 0) is 6.54 Å². The van der Waals surface area contributed by atoms with Gasteiger partial charge in [0.15, 0.2) is 5.96 Å². The molecule has 4 rings (SSSR count). The molecule has 0 aromatic carbocycles.